The Kier molecular flexibility index (Phi) is 4.99. The summed E-state index contributed by atoms with van der Waals surface area (Å²) in [4.78, 5) is 13.7. The van der Waals surface area contributed by atoms with Crippen LogP contribution in [0.4, 0.5) is 13.2 Å². The summed E-state index contributed by atoms with van der Waals surface area (Å²) < 4.78 is 44.1. The molecule has 5 nitrogen and oxygen atoms in total. The zero-order valence-corrected chi connectivity index (χ0v) is 14.9. The molecule has 0 radical (unpaired) electrons. The number of rotatable bonds is 4. The van der Waals surface area contributed by atoms with Crippen LogP contribution in [0, 0.1) is 0 Å². The first-order valence-corrected chi connectivity index (χ1v) is 9.23. The maximum atomic E-state index is 12.7. The van der Waals surface area contributed by atoms with E-state index < -0.39 is 12.0 Å². The average Bonchev–Trinajstić information content (AvgIpc) is 3.15. The second-order valence-electron chi connectivity index (χ2n) is 7.15. The van der Waals surface area contributed by atoms with Crippen LogP contribution in [0.3, 0.4) is 0 Å². The summed E-state index contributed by atoms with van der Waals surface area (Å²) in [7, 11) is 0. The topological polar surface area (TPSA) is 51.1 Å². The minimum Gasteiger partial charge on any atom is -0.474 e. The monoisotopic (exact) mass is 378 g/mol. The van der Waals surface area contributed by atoms with Crippen LogP contribution in [-0.2, 0) is 25.7 Å². The molecule has 0 aromatic carbocycles. The third-order valence-corrected chi connectivity index (χ3v) is 5.06. The molecule has 2 aliphatic rings. The zero-order chi connectivity index (χ0) is 18.9. The molecule has 8 heteroatoms. The van der Waals surface area contributed by atoms with Gasteiger partial charge in [0.05, 0.1) is 5.69 Å². The van der Waals surface area contributed by atoms with Crippen molar-refractivity contribution in [2.75, 3.05) is 6.54 Å². The SMILES string of the molecule is FC(F)(F)c1ncc2c(n1)CCN(Cc1ccc(OC3CCCC3)nc1)C2. The second-order valence-corrected chi connectivity index (χ2v) is 7.15. The quantitative estimate of drug-likeness (QED) is 0.811. The van der Waals surface area contributed by atoms with Gasteiger partial charge in [0.15, 0.2) is 0 Å². The number of halogens is 3. The van der Waals surface area contributed by atoms with Gasteiger partial charge in [-0.05, 0) is 31.2 Å². The molecule has 144 valence electrons. The van der Waals surface area contributed by atoms with Gasteiger partial charge in [-0.2, -0.15) is 13.2 Å². The third-order valence-electron chi connectivity index (χ3n) is 5.06. The van der Waals surface area contributed by atoms with Crippen LogP contribution in [0.15, 0.2) is 24.5 Å². The highest BCUT2D eigenvalue weighted by Crippen LogP contribution is 2.28. The summed E-state index contributed by atoms with van der Waals surface area (Å²) in [5.74, 6) is -0.403. The standard InChI is InChI=1S/C19H21F3N4O/c20-19(21,22)18-24-10-14-12-26(8-7-16(14)25-18)11-13-5-6-17(23-9-13)27-15-3-1-2-4-15/h5-6,9-10,15H,1-4,7-8,11-12H2. The van der Waals surface area contributed by atoms with E-state index in [1.165, 1.54) is 19.0 Å². The molecule has 0 amide bonds. The van der Waals surface area contributed by atoms with Crippen molar-refractivity contribution in [2.45, 2.75) is 57.5 Å². The smallest absolute Gasteiger partial charge is 0.451 e. The van der Waals surface area contributed by atoms with E-state index in [0.717, 1.165) is 24.0 Å². The Morgan fingerprint density at radius 1 is 1.11 bits per heavy atom. The molecule has 2 aromatic rings. The molecular weight excluding hydrogens is 357 g/mol. The fourth-order valence-electron chi connectivity index (χ4n) is 3.66. The van der Waals surface area contributed by atoms with Gasteiger partial charge >= 0.3 is 6.18 Å². The number of pyridine rings is 1. The normalized spacial score (nSPS) is 18.5. The fourth-order valence-corrected chi connectivity index (χ4v) is 3.66. The zero-order valence-electron chi connectivity index (χ0n) is 14.9. The van der Waals surface area contributed by atoms with Crippen LogP contribution in [0.2, 0.25) is 0 Å². The van der Waals surface area contributed by atoms with Crippen molar-refractivity contribution in [2.24, 2.45) is 0 Å². The van der Waals surface area contributed by atoms with Crippen molar-refractivity contribution in [3.8, 4) is 5.88 Å². The Bertz CT molecular complexity index is 789. The van der Waals surface area contributed by atoms with Crippen LogP contribution in [0.5, 0.6) is 5.88 Å². The maximum absolute atomic E-state index is 12.7. The molecule has 2 aromatic heterocycles. The lowest BCUT2D eigenvalue weighted by atomic mass is 10.1. The Balaban J connectivity index is 1.37. The van der Waals surface area contributed by atoms with Gasteiger partial charge < -0.3 is 4.74 Å². The fraction of sp³-hybridized carbons (Fsp3) is 0.526. The van der Waals surface area contributed by atoms with Gasteiger partial charge in [0.1, 0.15) is 6.10 Å². The molecule has 1 aliphatic carbocycles. The number of alkyl halides is 3. The highest BCUT2D eigenvalue weighted by atomic mass is 19.4. The molecule has 0 bridgehead atoms. The van der Waals surface area contributed by atoms with Crippen molar-refractivity contribution >= 4 is 0 Å². The number of hydrogen-bond donors (Lipinski definition) is 0. The minimum absolute atomic E-state index is 0.281. The summed E-state index contributed by atoms with van der Waals surface area (Å²) in [5.41, 5.74) is 2.29. The Hall–Kier alpha value is -2.22. The van der Waals surface area contributed by atoms with E-state index in [-0.39, 0.29) is 6.10 Å². The largest absolute Gasteiger partial charge is 0.474 e. The number of fused-ring (bicyclic) bond motifs is 1. The summed E-state index contributed by atoms with van der Waals surface area (Å²) in [6, 6.07) is 3.89. The first-order valence-electron chi connectivity index (χ1n) is 9.23. The Morgan fingerprint density at radius 2 is 1.93 bits per heavy atom. The third kappa shape index (κ3) is 4.37. The van der Waals surface area contributed by atoms with E-state index in [1.54, 1.807) is 0 Å². The molecule has 1 saturated carbocycles. The van der Waals surface area contributed by atoms with E-state index in [0.29, 0.717) is 37.6 Å². The van der Waals surface area contributed by atoms with Crippen molar-refractivity contribution in [1.29, 1.82) is 0 Å². The van der Waals surface area contributed by atoms with Gasteiger partial charge in [0, 0.05) is 50.1 Å². The molecule has 3 heterocycles. The van der Waals surface area contributed by atoms with E-state index in [4.69, 9.17) is 4.74 Å². The number of ether oxygens (including phenoxy) is 1. The highest BCUT2D eigenvalue weighted by Gasteiger charge is 2.35. The van der Waals surface area contributed by atoms with E-state index in [1.807, 2.05) is 18.3 Å². The molecule has 1 fully saturated rings. The average molecular weight is 378 g/mol. The lowest BCUT2D eigenvalue weighted by Gasteiger charge is -2.28. The second kappa shape index (κ2) is 7.42. The van der Waals surface area contributed by atoms with E-state index in [2.05, 4.69) is 19.9 Å². The molecule has 1 aliphatic heterocycles. The first kappa shape index (κ1) is 18.2. The van der Waals surface area contributed by atoms with E-state index >= 15 is 0 Å². The van der Waals surface area contributed by atoms with E-state index in [9.17, 15) is 13.2 Å². The molecule has 27 heavy (non-hydrogen) atoms. The van der Waals surface area contributed by atoms with Gasteiger partial charge in [-0.15, -0.1) is 0 Å². The lowest BCUT2D eigenvalue weighted by Crippen LogP contribution is -2.31. The van der Waals surface area contributed by atoms with Crippen LogP contribution < -0.4 is 4.74 Å². The van der Waals surface area contributed by atoms with Gasteiger partial charge in [-0.1, -0.05) is 6.07 Å². The predicted octanol–water partition coefficient (Wildman–Crippen LogP) is 3.77. The Labute approximate surface area is 155 Å². The molecule has 0 unspecified atom stereocenters. The highest BCUT2D eigenvalue weighted by molar-refractivity contribution is 5.23. The van der Waals surface area contributed by atoms with Gasteiger partial charge in [0.25, 0.3) is 0 Å². The Morgan fingerprint density at radius 3 is 2.63 bits per heavy atom. The van der Waals surface area contributed by atoms with Gasteiger partial charge in [-0.25, -0.2) is 15.0 Å². The summed E-state index contributed by atoms with van der Waals surface area (Å²) >= 11 is 0. The van der Waals surface area contributed by atoms with Crippen LogP contribution in [-0.4, -0.2) is 32.5 Å². The van der Waals surface area contributed by atoms with Gasteiger partial charge in [-0.3, -0.25) is 4.90 Å². The summed E-state index contributed by atoms with van der Waals surface area (Å²) in [5, 5.41) is 0. The van der Waals surface area contributed by atoms with Crippen molar-refractivity contribution < 1.29 is 17.9 Å². The first-order chi connectivity index (χ1) is 13.0. The molecule has 0 atom stereocenters. The molecular formula is C19H21F3N4O. The number of hydrogen-bond acceptors (Lipinski definition) is 5. The van der Waals surface area contributed by atoms with Crippen LogP contribution >= 0.6 is 0 Å². The van der Waals surface area contributed by atoms with Gasteiger partial charge in [0.2, 0.25) is 11.7 Å². The van der Waals surface area contributed by atoms with Crippen molar-refractivity contribution in [3.63, 3.8) is 0 Å². The predicted molar refractivity (Wildman–Crippen MR) is 92.0 cm³/mol. The molecule has 4 rings (SSSR count). The molecule has 0 N–H and O–H groups in total. The molecule has 0 spiro atoms. The maximum Gasteiger partial charge on any atom is 0.451 e. The number of aromatic nitrogens is 3. The summed E-state index contributed by atoms with van der Waals surface area (Å²) in [6.07, 6.45) is 3.99. The van der Waals surface area contributed by atoms with Crippen molar-refractivity contribution in [3.05, 3.63) is 47.2 Å². The number of nitrogens with zero attached hydrogens (tertiary/aromatic N) is 4. The van der Waals surface area contributed by atoms with Crippen LogP contribution in [0.1, 0.15) is 48.3 Å². The molecule has 0 saturated heterocycles. The summed E-state index contributed by atoms with van der Waals surface area (Å²) in [6.45, 7) is 1.87. The minimum atomic E-state index is -4.50. The lowest BCUT2D eigenvalue weighted by molar-refractivity contribution is -0.145. The van der Waals surface area contributed by atoms with Crippen LogP contribution in [0.25, 0.3) is 0 Å². The van der Waals surface area contributed by atoms with Crippen molar-refractivity contribution in [1.82, 2.24) is 19.9 Å².